The zero-order chi connectivity index (χ0) is 13.0. The molecular formula is C13H24N4S. The molecule has 0 aliphatic carbocycles. The van der Waals surface area contributed by atoms with E-state index < -0.39 is 0 Å². The molecule has 1 aromatic heterocycles. The normalized spacial score (nSPS) is 17.6. The molecule has 4 nitrogen and oxygen atoms in total. The number of nitrogens with one attached hydrogen (secondary N) is 1. The van der Waals surface area contributed by atoms with Gasteiger partial charge in [-0.2, -0.15) is 0 Å². The van der Waals surface area contributed by atoms with Crippen LogP contribution in [-0.2, 0) is 13.0 Å². The van der Waals surface area contributed by atoms with E-state index in [4.69, 9.17) is 0 Å². The fourth-order valence-electron chi connectivity index (χ4n) is 2.17. The number of fused-ring (bicyclic) bond motifs is 1. The predicted octanol–water partition coefficient (Wildman–Crippen LogP) is 2.48. The molecule has 2 heterocycles. The Morgan fingerprint density at radius 2 is 2.06 bits per heavy atom. The van der Waals surface area contributed by atoms with Crippen molar-refractivity contribution >= 4 is 11.8 Å². The van der Waals surface area contributed by atoms with Gasteiger partial charge in [-0.1, -0.05) is 39.0 Å². The highest BCUT2D eigenvalue weighted by Crippen LogP contribution is 2.24. The Morgan fingerprint density at radius 1 is 1.22 bits per heavy atom. The van der Waals surface area contributed by atoms with Crippen LogP contribution in [0.1, 0.15) is 45.9 Å². The molecule has 0 fully saturated rings. The van der Waals surface area contributed by atoms with Gasteiger partial charge in [0.1, 0.15) is 5.82 Å². The molecule has 0 saturated carbocycles. The summed E-state index contributed by atoms with van der Waals surface area (Å²) in [5.41, 5.74) is 0. The molecule has 1 aliphatic rings. The second-order valence-electron chi connectivity index (χ2n) is 5.35. The SMILES string of the molecule is CC(C)NCC(C)Sc1nnc2n1CCCCC2. The Morgan fingerprint density at radius 3 is 2.83 bits per heavy atom. The molecule has 0 spiro atoms. The maximum Gasteiger partial charge on any atom is 0.191 e. The average Bonchev–Trinajstić information content (AvgIpc) is 2.57. The van der Waals surface area contributed by atoms with Crippen molar-refractivity contribution in [3.05, 3.63) is 5.82 Å². The van der Waals surface area contributed by atoms with Gasteiger partial charge in [0.2, 0.25) is 0 Å². The van der Waals surface area contributed by atoms with E-state index in [0.717, 1.165) is 24.7 Å². The molecule has 1 unspecified atom stereocenters. The zero-order valence-electron chi connectivity index (χ0n) is 11.6. The van der Waals surface area contributed by atoms with E-state index in [0.29, 0.717) is 11.3 Å². The lowest BCUT2D eigenvalue weighted by Gasteiger charge is -2.14. The van der Waals surface area contributed by atoms with Crippen LogP contribution in [-0.4, -0.2) is 32.6 Å². The molecule has 0 saturated heterocycles. The molecule has 18 heavy (non-hydrogen) atoms. The average molecular weight is 268 g/mol. The Labute approximate surface area is 114 Å². The highest BCUT2D eigenvalue weighted by atomic mass is 32.2. The molecule has 5 heteroatoms. The van der Waals surface area contributed by atoms with Gasteiger partial charge in [0, 0.05) is 30.8 Å². The standard InChI is InChI=1S/C13H24N4S/c1-10(2)14-9-11(3)18-13-16-15-12-7-5-4-6-8-17(12)13/h10-11,14H,4-9H2,1-3H3. The Kier molecular flexibility index (Phi) is 5.06. The zero-order valence-corrected chi connectivity index (χ0v) is 12.5. The molecular weight excluding hydrogens is 244 g/mol. The summed E-state index contributed by atoms with van der Waals surface area (Å²) in [6, 6.07) is 0.545. The summed E-state index contributed by atoms with van der Waals surface area (Å²) in [4.78, 5) is 0. The Hall–Kier alpha value is -0.550. The molecule has 1 N–H and O–H groups in total. The van der Waals surface area contributed by atoms with Crippen molar-refractivity contribution < 1.29 is 0 Å². The topological polar surface area (TPSA) is 42.7 Å². The molecule has 0 amide bonds. The van der Waals surface area contributed by atoms with E-state index in [1.54, 1.807) is 0 Å². The molecule has 102 valence electrons. The van der Waals surface area contributed by atoms with Crippen LogP contribution in [0.5, 0.6) is 0 Å². The summed E-state index contributed by atoms with van der Waals surface area (Å²) in [5, 5.41) is 13.8. The van der Waals surface area contributed by atoms with E-state index in [9.17, 15) is 0 Å². The van der Waals surface area contributed by atoms with Crippen LogP contribution in [0.3, 0.4) is 0 Å². The largest absolute Gasteiger partial charge is 0.313 e. The summed E-state index contributed by atoms with van der Waals surface area (Å²) in [6.45, 7) is 8.72. The fourth-order valence-corrected chi connectivity index (χ4v) is 3.12. The maximum atomic E-state index is 4.35. The molecule has 0 bridgehead atoms. The lowest BCUT2D eigenvalue weighted by Crippen LogP contribution is -2.29. The van der Waals surface area contributed by atoms with E-state index in [2.05, 4.69) is 40.9 Å². The lowest BCUT2D eigenvalue weighted by atomic mass is 10.2. The number of aromatic nitrogens is 3. The monoisotopic (exact) mass is 268 g/mol. The minimum atomic E-state index is 0.531. The van der Waals surface area contributed by atoms with E-state index in [1.807, 2.05) is 11.8 Å². The number of nitrogens with zero attached hydrogens (tertiary/aromatic N) is 3. The van der Waals surface area contributed by atoms with Gasteiger partial charge < -0.3 is 9.88 Å². The van der Waals surface area contributed by atoms with Gasteiger partial charge in [0.05, 0.1) is 0 Å². The summed E-state index contributed by atoms with van der Waals surface area (Å²) >= 11 is 1.84. The smallest absolute Gasteiger partial charge is 0.191 e. The first-order valence-electron chi connectivity index (χ1n) is 6.99. The molecule has 0 radical (unpaired) electrons. The van der Waals surface area contributed by atoms with Crippen LogP contribution in [0.15, 0.2) is 5.16 Å². The molecule has 1 aromatic rings. The van der Waals surface area contributed by atoms with Gasteiger partial charge in [0.25, 0.3) is 0 Å². The maximum absolute atomic E-state index is 4.35. The van der Waals surface area contributed by atoms with Gasteiger partial charge in [-0.25, -0.2) is 0 Å². The van der Waals surface area contributed by atoms with Gasteiger partial charge in [-0.15, -0.1) is 10.2 Å². The predicted molar refractivity (Wildman–Crippen MR) is 76.0 cm³/mol. The van der Waals surface area contributed by atoms with E-state index >= 15 is 0 Å². The first-order chi connectivity index (χ1) is 8.66. The summed E-state index contributed by atoms with van der Waals surface area (Å²) < 4.78 is 2.32. The van der Waals surface area contributed by atoms with Crippen molar-refractivity contribution in [3.8, 4) is 0 Å². The molecule has 1 atom stereocenters. The number of thioether (sulfide) groups is 1. The first kappa shape index (κ1) is 13.9. The van der Waals surface area contributed by atoms with Crippen LogP contribution >= 0.6 is 11.8 Å². The molecule has 0 aromatic carbocycles. The summed E-state index contributed by atoms with van der Waals surface area (Å²) in [6.07, 6.45) is 4.93. The molecule has 2 rings (SSSR count). The number of hydrogen-bond acceptors (Lipinski definition) is 4. The van der Waals surface area contributed by atoms with Crippen LogP contribution in [0.25, 0.3) is 0 Å². The van der Waals surface area contributed by atoms with Gasteiger partial charge in [-0.05, 0) is 12.8 Å². The van der Waals surface area contributed by atoms with Gasteiger partial charge >= 0.3 is 0 Å². The lowest BCUT2D eigenvalue weighted by molar-refractivity contribution is 0.579. The van der Waals surface area contributed by atoms with Crippen LogP contribution in [0.4, 0.5) is 0 Å². The minimum Gasteiger partial charge on any atom is -0.313 e. The quantitative estimate of drug-likeness (QED) is 0.833. The fraction of sp³-hybridized carbons (Fsp3) is 0.846. The number of hydrogen-bond donors (Lipinski definition) is 1. The Balaban J connectivity index is 1.95. The van der Waals surface area contributed by atoms with Crippen LogP contribution in [0, 0.1) is 0 Å². The van der Waals surface area contributed by atoms with Crippen molar-refractivity contribution in [1.82, 2.24) is 20.1 Å². The third kappa shape index (κ3) is 3.72. The summed E-state index contributed by atoms with van der Waals surface area (Å²) in [5.74, 6) is 1.18. The number of aryl methyl sites for hydroxylation is 1. The Bertz CT molecular complexity index is 375. The van der Waals surface area contributed by atoms with Gasteiger partial charge in [0.15, 0.2) is 5.16 Å². The van der Waals surface area contributed by atoms with E-state index in [1.165, 1.54) is 25.1 Å². The van der Waals surface area contributed by atoms with Crippen LogP contribution < -0.4 is 5.32 Å². The second-order valence-corrected chi connectivity index (χ2v) is 6.76. The highest BCUT2D eigenvalue weighted by molar-refractivity contribution is 7.99. The first-order valence-corrected chi connectivity index (χ1v) is 7.87. The molecule has 1 aliphatic heterocycles. The third-order valence-corrected chi connectivity index (χ3v) is 4.28. The van der Waals surface area contributed by atoms with Crippen molar-refractivity contribution in [2.45, 2.75) is 69.4 Å². The van der Waals surface area contributed by atoms with Crippen molar-refractivity contribution in [3.63, 3.8) is 0 Å². The minimum absolute atomic E-state index is 0.531. The van der Waals surface area contributed by atoms with Crippen LogP contribution in [0.2, 0.25) is 0 Å². The summed E-state index contributed by atoms with van der Waals surface area (Å²) in [7, 11) is 0. The van der Waals surface area contributed by atoms with Crippen molar-refractivity contribution in [2.75, 3.05) is 6.54 Å². The van der Waals surface area contributed by atoms with E-state index in [-0.39, 0.29) is 0 Å². The number of rotatable bonds is 5. The van der Waals surface area contributed by atoms with Crippen molar-refractivity contribution in [2.24, 2.45) is 0 Å². The van der Waals surface area contributed by atoms with Crippen molar-refractivity contribution in [1.29, 1.82) is 0 Å². The highest BCUT2D eigenvalue weighted by Gasteiger charge is 2.17. The van der Waals surface area contributed by atoms with Gasteiger partial charge in [-0.3, -0.25) is 0 Å². The second kappa shape index (κ2) is 6.57. The third-order valence-electron chi connectivity index (χ3n) is 3.20.